The Hall–Kier alpha value is -2.07. The van der Waals surface area contributed by atoms with Gasteiger partial charge in [0, 0.05) is 12.1 Å². The van der Waals surface area contributed by atoms with E-state index in [1.54, 1.807) is 7.11 Å². The largest absolute Gasteiger partial charge is 0.496 e. The molecule has 0 aliphatic heterocycles. The molecule has 4 heteroatoms. The Kier molecular flexibility index (Phi) is 3.32. The molecule has 0 aromatic heterocycles. The number of methoxy groups -OCH3 is 1. The predicted molar refractivity (Wildman–Crippen MR) is 79.0 cm³/mol. The molecule has 1 fully saturated rings. The van der Waals surface area contributed by atoms with Gasteiger partial charge in [-0.3, -0.25) is 4.79 Å². The average Bonchev–Trinajstić information content (AvgIpc) is 2.44. The van der Waals surface area contributed by atoms with Crippen molar-refractivity contribution in [3.05, 3.63) is 42.0 Å². The maximum absolute atomic E-state index is 12.5. The molecule has 2 aromatic carbocycles. The first kappa shape index (κ1) is 12.9. The van der Waals surface area contributed by atoms with E-state index in [2.05, 4.69) is 5.32 Å². The molecular weight excluding hydrogens is 252 g/mol. The topological polar surface area (TPSA) is 64.3 Å². The molecule has 1 saturated carbocycles. The molecule has 4 nitrogen and oxygen atoms in total. The van der Waals surface area contributed by atoms with Crippen molar-refractivity contribution in [1.29, 1.82) is 0 Å². The van der Waals surface area contributed by atoms with Crippen LogP contribution in [0.5, 0.6) is 5.75 Å². The van der Waals surface area contributed by atoms with Gasteiger partial charge < -0.3 is 15.8 Å². The first-order valence-corrected chi connectivity index (χ1v) is 6.81. The summed E-state index contributed by atoms with van der Waals surface area (Å²) < 4.78 is 5.34. The second-order valence-corrected chi connectivity index (χ2v) is 5.27. The third kappa shape index (κ3) is 2.23. The Morgan fingerprint density at radius 1 is 1.25 bits per heavy atom. The molecule has 3 rings (SSSR count). The highest BCUT2D eigenvalue weighted by Crippen LogP contribution is 2.28. The van der Waals surface area contributed by atoms with Crippen molar-refractivity contribution in [2.24, 2.45) is 5.73 Å². The normalized spacial score (nSPS) is 21.3. The van der Waals surface area contributed by atoms with Crippen molar-refractivity contribution in [1.82, 2.24) is 5.32 Å². The number of carbonyl (C=O) groups excluding carboxylic acids is 1. The van der Waals surface area contributed by atoms with Crippen LogP contribution in [0.4, 0.5) is 0 Å². The molecule has 0 heterocycles. The van der Waals surface area contributed by atoms with Crippen molar-refractivity contribution in [2.45, 2.75) is 24.9 Å². The lowest BCUT2D eigenvalue weighted by Crippen LogP contribution is -2.50. The summed E-state index contributed by atoms with van der Waals surface area (Å²) in [6.07, 6.45) is 1.69. The van der Waals surface area contributed by atoms with Crippen molar-refractivity contribution < 1.29 is 9.53 Å². The van der Waals surface area contributed by atoms with E-state index in [-0.39, 0.29) is 18.0 Å². The van der Waals surface area contributed by atoms with Crippen LogP contribution in [0, 0.1) is 0 Å². The lowest BCUT2D eigenvalue weighted by atomic mass is 9.87. The maximum Gasteiger partial charge on any atom is 0.255 e. The highest BCUT2D eigenvalue weighted by atomic mass is 16.5. The minimum atomic E-state index is -0.0875. The molecule has 0 saturated heterocycles. The molecule has 0 atom stereocenters. The van der Waals surface area contributed by atoms with Gasteiger partial charge in [0.15, 0.2) is 0 Å². The quantitative estimate of drug-likeness (QED) is 0.897. The molecule has 0 bridgehead atoms. The van der Waals surface area contributed by atoms with Gasteiger partial charge in [0.2, 0.25) is 0 Å². The zero-order valence-electron chi connectivity index (χ0n) is 11.4. The van der Waals surface area contributed by atoms with Crippen LogP contribution in [0.2, 0.25) is 0 Å². The summed E-state index contributed by atoms with van der Waals surface area (Å²) in [6.45, 7) is 0. The Bertz CT molecular complexity index is 648. The van der Waals surface area contributed by atoms with Crippen molar-refractivity contribution in [3.8, 4) is 5.75 Å². The lowest BCUT2D eigenvalue weighted by molar-refractivity contribution is 0.0909. The monoisotopic (exact) mass is 270 g/mol. The summed E-state index contributed by atoms with van der Waals surface area (Å²) in [5.74, 6) is 0.514. The van der Waals surface area contributed by atoms with Gasteiger partial charge in [0.05, 0.1) is 12.7 Å². The molecule has 2 aromatic rings. The minimum absolute atomic E-state index is 0.0875. The van der Waals surface area contributed by atoms with Crippen molar-refractivity contribution >= 4 is 16.7 Å². The molecule has 3 N–H and O–H groups in total. The molecule has 1 aliphatic rings. The van der Waals surface area contributed by atoms with Crippen molar-refractivity contribution in [3.63, 3.8) is 0 Å². The second kappa shape index (κ2) is 5.13. The standard InChI is InChI=1S/C16H18N2O2/c1-20-14-7-6-10-4-2-3-5-13(10)15(14)16(19)18-12-8-11(17)9-12/h2-7,11-12H,8-9,17H2,1H3,(H,18,19). The van der Waals surface area contributed by atoms with E-state index >= 15 is 0 Å². The van der Waals surface area contributed by atoms with Crippen LogP contribution in [0.3, 0.4) is 0 Å². The molecule has 0 spiro atoms. The van der Waals surface area contributed by atoms with Crippen molar-refractivity contribution in [2.75, 3.05) is 7.11 Å². The summed E-state index contributed by atoms with van der Waals surface area (Å²) in [5, 5.41) is 4.97. The SMILES string of the molecule is COc1ccc2ccccc2c1C(=O)NC1CC(N)C1. The summed E-state index contributed by atoms with van der Waals surface area (Å²) in [4.78, 5) is 12.5. The Morgan fingerprint density at radius 2 is 2.00 bits per heavy atom. The number of hydrogen-bond donors (Lipinski definition) is 2. The number of benzene rings is 2. The summed E-state index contributed by atoms with van der Waals surface area (Å²) in [7, 11) is 1.58. The van der Waals surface area contributed by atoms with Crippen LogP contribution in [-0.2, 0) is 0 Å². The maximum atomic E-state index is 12.5. The second-order valence-electron chi connectivity index (χ2n) is 5.27. The van der Waals surface area contributed by atoms with E-state index in [1.807, 2.05) is 36.4 Å². The highest BCUT2D eigenvalue weighted by molar-refractivity contribution is 6.09. The minimum Gasteiger partial charge on any atom is -0.496 e. The van der Waals surface area contributed by atoms with Gasteiger partial charge in [-0.1, -0.05) is 30.3 Å². The van der Waals surface area contributed by atoms with Crippen LogP contribution in [0.25, 0.3) is 10.8 Å². The third-order valence-corrected chi connectivity index (χ3v) is 3.85. The Labute approximate surface area is 117 Å². The molecule has 0 radical (unpaired) electrons. The smallest absolute Gasteiger partial charge is 0.255 e. The van der Waals surface area contributed by atoms with Crippen LogP contribution in [0.15, 0.2) is 36.4 Å². The average molecular weight is 270 g/mol. The molecular formula is C16H18N2O2. The summed E-state index contributed by atoms with van der Waals surface area (Å²) in [6, 6.07) is 12.0. The first-order valence-electron chi connectivity index (χ1n) is 6.81. The van der Waals surface area contributed by atoms with E-state index in [0.29, 0.717) is 11.3 Å². The zero-order valence-corrected chi connectivity index (χ0v) is 11.4. The molecule has 1 aliphatic carbocycles. The van der Waals surface area contributed by atoms with E-state index in [4.69, 9.17) is 10.5 Å². The van der Waals surface area contributed by atoms with Crippen LogP contribution in [0.1, 0.15) is 23.2 Å². The van der Waals surface area contributed by atoms with Crippen LogP contribution < -0.4 is 15.8 Å². The summed E-state index contributed by atoms with van der Waals surface area (Å²) >= 11 is 0. The molecule has 20 heavy (non-hydrogen) atoms. The van der Waals surface area contributed by atoms with E-state index < -0.39 is 0 Å². The number of nitrogens with two attached hydrogens (primary N) is 1. The van der Waals surface area contributed by atoms with E-state index in [0.717, 1.165) is 23.6 Å². The number of nitrogens with one attached hydrogen (secondary N) is 1. The number of carbonyl (C=O) groups is 1. The van der Waals surface area contributed by atoms with Gasteiger partial charge in [0.25, 0.3) is 5.91 Å². The fraction of sp³-hybridized carbons (Fsp3) is 0.312. The fourth-order valence-corrected chi connectivity index (χ4v) is 2.69. The lowest BCUT2D eigenvalue weighted by Gasteiger charge is -2.33. The van der Waals surface area contributed by atoms with Gasteiger partial charge >= 0.3 is 0 Å². The van der Waals surface area contributed by atoms with Crippen LogP contribution in [-0.4, -0.2) is 25.1 Å². The number of amides is 1. The molecule has 1 amide bonds. The van der Waals surface area contributed by atoms with Gasteiger partial charge in [0.1, 0.15) is 5.75 Å². The van der Waals surface area contributed by atoms with Crippen LogP contribution >= 0.6 is 0 Å². The third-order valence-electron chi connectivity index (χ3n) is 3.85. The Balaban J connectivity index is 1.97. The Morgan fingerprint density at radius 3 is 2.70 bits per heavy atom. The molecule has 104 valence electrons. The van der Waals surface area contributed by atoms with E-state index in [9.17, 15) is 4.79 Å². The van der Waals surface area contributed by atoms with Gasteiger partial charge in [-0.25, -0.2) is 0 Å². The van der Waals surface area contributed by atoms with E-state index in [1.165, 1.54) is 0 Å². The number of hydrogen-bond acceptors (Lipinski definition) is 3. The zero-order chi connectivity index (χ0) is 14.1. The van der Waals surface area contributed by atoms with Gasteiger partial charge in [-0.2, -0.15) is 0 Å². The first-order chi connectivity index (χ1) is 9.69. The summed E-state index contributed by atoms with van der Waals surface area (Å²) in [5.41, 5.74) is 6.36. The number of fused-ring (bicyclic) bond motifs is 1. The number of ether oxygens (including phenoxy) is 1. The highest BCUT2D eigenvalue weighted by Gasteiger charge is 2.28. The van der Waals surface area contributed by atoms with Gasteiger partial charge in [-0.05, 0) is 29.7 Å². The number of rotatable bonds is 3. The molecule has 0 unspecified atom stereocenters. The van der Waals surface area contributed by atoms with Gasteiger partial charge in [-0.15, -0.1) is 0 Å². The predicted octanol–water partition coefficient (Wildman–Crippen LogP) is 2.07. The fourth-order valence-electron chi connectivity index (χ4n) is 2.69.